The van der Waals surface area contributed by atoms with E-state index in [1.54, 1.807) is 0 Å². The predicted octanol–water partition coefficient (Wildman–Crippen LogP) is 2.48. The lowest BCUT2D eigenvalue weighted by Crippen LogP contribution is -2.54. The molecule has 2 aromatic rings. The third-order valence-electron chi connectivity index (χ3n) is 5.11. The molecule has 0 saturated carbocycles. The Bertz CT molecular complexity index is 661. The van der Waals surface area contributed by atoms with Crippen molar-refractivity contribution in [2.24, 2.45) is 0 Å². The van der Waals surface area contributed by atoms with E-state index in [0.717, 1.165) is 12.8 Å². The van der Waals surface area contributed by atoms with Crippen LogP contribution in [0.2, 0.25) is 0 Å². The molecule has 0 bridgehead atoms. The second kappa shape index (κ2) is 7.38. The number of hydrogen-bond acceptors (Lipinski definition) is 3. The molecule has 1 unspecified atom stereocenters. The van der Waals surface area contributed by atoms with Crippen LogP contribution in [0.15, 0.2) is 60.7 Å². The summed E-state index contributed by atoms with van der Waals surface area (Å²) in [5.41, 5.74) is -0.437. The molecule has 0 aromatic heterocycles. The largest absolute Gasteiger partial charge is 0.372 e. The van der Waals surface area contributed by atoms with Gasteiger partial charge in [0, 0.05) is 19.1 Å². The first kappa shape index (κ1) is 17.6. The molecular formula is C21H26N2O2. The third-order valence-corrected chi connectivity index (χ3v) is 5.11. The van der Waals surface area contributed by atoms with Crippen molar-refractivity contribution in [3.63, 3.8) is 0 Å². The second-order valence-electron chi connectivity index (χ2n) is 6.95. The third kappa shape index (κ3) is 3.46. The second-order valence-corrected chi connectivity index (χ2v) is 6.95. The molecule has 4 heteroatoms. The van der Waals surface area contributed by atoms with Gasteiger partial charge in [-0.05, 0) is 38.1 Å². The van der Waals surface area contributed by atoms with Crippen LogP contribution in [0.3, 0.4) is 0 Å². The van der Waals surface area contributed by atoms with Gasteiger partial charge in [-0.1, -0.05) is 60.7 Å². The molecule has 4 nitrogen and oxygen atoms in total. The van der Waals surface area contributed by atoms with Crippen molar-refractivity contribution in [1.29, 1.82) is 0 Å². The topological polar surface area (TPSA) is 43.8 Å². The molecule has 25 heavy (non-hydrogen) atoms. The molecule has 2 aromatic carbocycles. The monoisotopic (exact) mass is 338 g/mol. The van der Waals surface area contributed by atoms with Crippen LogP contribution in [0.1, 0.15) is 24.0 Å². The number of aliphatic hydroxyl groups is 1. The molecule has 1 amide bonds. The number of likely N-dealkylation sites (tertiary alicyclic amines) is 1. The molecule has 3 rings (SSSR count). The predicted molar refractivity (Wildman–Crippen MR) is 99.2 cm³/mol. The Hall–Kier alpha value is -2.17. The van der Waals surface area contributed by atoms with Crippen LogP contribution >= 0.6 is 0 Å². The van der Waals surface area contributed by atoms with E-state index in [1.807, 2.05) is 79.7 Å². The molecule has 1 aliphatic rings. The normalized spacial score (nSPS) is 18.4. The van der Waals surface area contributed by atoms with Crippen molar-refractivity contribution in [1.82, 2.24) is 9.80 Å². The van der Waals surface area contributed by atoms with E-state index in [-0.39, 0.29) is 5.91 Å². The summed E-state index contributed by atoms with van der Waals surface area (Å²) in [6.45, 7) is 1.33. The number of piperidine rings is 1. The lowest BCUT2D eigenvalue weighted by molar-refractivity contribution is -0.150. The molecule has 0 spiro atoms. The number of amides is 1. The van der Waals surface area contributed by atoms with Crippen molar-refractivity contribution in [3.05, 3.63) is 71.8 Å². The Balaban J connectivity index is 1.99. The molecule has 0 radical (unpaired) electrons. The van der Waals surface area contributed by atoms with Gasteiger partial charge in [0.2, 0.25) is 0 Å². The van der Waals surface area contributed by atoms with Crippen LogP contribution in [0, 0.1) is 0 Å². The summed E-state index contributed by atoms with van der Waals surface area (Å²) in [6, 6.07) is 18.8. The Labute approximate surface area is 149 Å². The number of benzene rings is 2. The molecule has 1 fully saturated rings. The van der Waals surface area contributed by atoms with Gasteiger partial charge in [-0.15, -0.1) is 0 Å². The van der Waals surface area contributed by atoms with Crippen LogP contribution in [-0.2, 0) is 10.4 Å². The average Bonchev–Trinajstić information content (AvgIpc) is 2.68. The first-order valence-corrected chi connectivity index (χ1v) is 8.82. The minimum atomic E-state index is -1.66. The van der Waals surface area contributed by atoms with E-state index in [9.17, 15) is 9.90 Å². The maximum atomic E-state index is 13.4. The van der Waals surface area contributed by atoms with Gasteiger partial charge in [-0.25, -0.2) is 0 Å². The molecular weight excluding hydrogens is 312 g/mol. The Kier molecular flexibility index (Phi) is 5.21. The fraction of sp³-hybridized carbons (Fsp3) is 0.381. The lowest BCUT2D eigenvalue weighted by atomic mass is 9.84. The molecule has 1 atom stereocenters. The average molecular weight is 338 g/mol. The maximum absolute atomic E-state index is 13.4. The first-order valence-electron chi connectivity index (χ1n) is 8.82. The summed E-state index contributed by atoms with van der Waals surface area (Å²) in [6.07, 6.45) is 2.03. The van der Waals surface area contributed by atoms with Gasteiger partial charge < -0.3 is 14.9 Å². The van der Waals surface area contributed by atoms with Crippen LogP contribution in [0.25, 0.3) is 0 Å². The summed E-state index contributed by atoms with van der Waals surface area (Å²) in [5, 5.41) is 11.6. The lowest BCUT2D eigenvalue weighted by Gasteiger charge is -2.40. The Morgan fingerprint density at radius 3 is 2.04 bits per heavy atom. The zero-order valence-electron chi connectivity index (χ0n) is 14.9. The standard InChI is InChI=1S/C21H26N2O2/c1-22(2)19-14-9-15-23(16-19)20(24)21(25,17-10-5-3-6-11-17)18-12-7-4-8-13-18/h3-8,10-13,19,25H,9,14-16H2,1-2H3. The van der Waals surface area contributed by atoms with Crippen molar-refractivity contribution in [3.8, 4) is 0 Å². The molecule has 1 aliphatic heterocycles. The van der Waals surface area contributed by atoms with Gasteiger partial charge in [0.25, 0.3) is 5.91 Å². The summed E-state index contributed by atoms with van der Waals surface area (Å²) in [5.74, 6) is -0.239. The SMILES string of the molecule is CN(C)C1CCCN(C(=O)C(O)(c2ccccc2)c2ccccc2)C1. The van der Waals surface area contributed by atoms with E-state index in [2.05, 4.69) is 4.90 Å². The number of nitrogens with zero attached hydrogens (tertiary/aromatic N) is 2. The molecule has 1 heterocycles. The van der Waals surface area contributed by atoms with E-state index < -0.39 is 5.60 Å². The van der Waals surface area contributed by atoms with Gasteiger partial charge in [0.05, 0.1) is 0 Å². The molecule has 132 valence electrons. The van der Waals surface area contributed by atoms with Gasteiger partial charge in [-0.3, -0.25) is 4.79 Å². The number of likely N-dealkylation sites (N-methyl/N-ethyl adjacent to an activating group) is 1. The highest BCUT2D eigenvalue weighted by Crippen LogP contribution is 2.33. The van der Waals surface area contributed by atoms with E-state index in [0.29, 0.717) is 30.3 Å². The van der Waals surface area contributed by atoms with Gasteiger partial charge in [-0.2, -0.15) is 0 Å². The Morgan fingerprint density at radius 1 is 1.04 bits per heavy atom. The van der Waals surface area contributed by atoms with Crippen molar-refractivity contribution in [2.45, 2.75) is 24.5 Å². The highest BCUT2D eigenvalue weighted by molar-refractivity contribution is 5.90. The van der Waals surface area contributed by atoms with Crippen molar-refractivity contribution >= 4 is 5.91 Å². The minimum absolute atomic E-state index is 0.239. The first-order chi connectivity index (χ1) is 12.0. The van der Waals surface area contributed by atoms with Crippen molar-refractivity contribution in [2.75, 3.05) is 27.2 Å². The van der Waals surface area contributed by atoms with Crippen LogP contribution in [0.4, 0.5) is 0 Å². The van der Waals surface area contributed by atoms with Crippen molar-refractivity contribution < 1.29 is 9.90 Å². The number of carbonyl (C=O) groups excluding carboxylic acids is 1. The fourth-order valence-electron chi connectivity index (χ4n) is 3.56. The van der Waals surface area contributed by atoms with Gasteiger partial charge >= 0.3 is 0 Å². The van der Waals surface area contributed by atoms with E-state index in [4.69, 9.17) is 0 Å². The van der Waals surface area contributed by atoms with E-state index in [1.165, 1.54) is 0 Å². The summed E-state index contributed by atoms with van der Waals surface area (Å²) >= 11 is 0. The number of rotatable bonds is 4. The summed E-state index contributed by atoms with van der Waals surface area (Å²) in [4.78, 5) is 17.4. The minimum Gasteiger partial charge on any atom is -0.372 e. The van der Waals surface area contributed by atoms with E-state index >= 15 is 0 Å². The highest BCUT2D eigenvalue weighted by Gasteiger charge is 2.43. The van der Waals surface area contributed by atoms with Crippen LogP contribution < -0.4 is 0 Å². The molecule has 1 N–H and O–H groups in total. The Morgan fingerprint density at radius 2 is 1.56 bits per heavy atom. The highest BCUT2D eigenvalue weighted by atomic mass is 16.3. The maximum Gasteiger partial charge on any atom is 0.264 e. The molecule has 0 aliphatic carbocycles. The number of hydrogen-bond donors (Lipinski definition) is 1. The number of carbonyl (C=O) groups is 1. The van der Waals surface area contributed by atoms with Crippen LogP contribution in [-0.4, -0.2) is 54.0 Å². The van der Waals surface area contributed by atoms with Gasteiger partial charge in [0.15, 0.2) is 5.60 Å². The zero-order valence-corrected chi connectivity index (χ0v) is 14.9. The smallest absolute Gasteiger partial charge is 0.264 e. The van der Waals surface area contributed by atoms with Gasteiger partial charge in [0.1, 0.15) is 0 Å². The molecule has 1 saturated heterocycles. The quantitative estimate of drug-likeness (QED) is 0.931. The fourth-order valence-corrected chi connectivity index (χ4v) is 3.56. The summed E-state index contributed by atoms with van der Waals surface area (Å²) in [7, 11) is 4.08. The zero-order chi connectivity index (χ0) is 17.9. The van der Waals surface area contributed by atoms with Crippen LogP contribution in [0.5, 0.6) is 0 Å². The summed E-state index contributed by atoms with van der Waals surface area (Å²) < 4.78 is 0.